The van der Waals surface area contributed by atoms with Crippen LogP contribution in [-0.4, -0.2) is 52.7 Å². The second kappa shape index (κ2) is 8.64. The minimum Gasteiger partial charge on any atom is -0.342 e. The Kier molecular flexibility index (Phi) is 6.09. The highest BCUT2D eigenvalue weighted by atomic mass is 16.2. The largest absolute Gasteiger partial charge is 0.342 e. The fourth-order valence-corrected chi connectivity index (χ4v) is 5.67. The number of rotatable bonds is 5. The number of hydrogen-bond donors (Lipinski definition) is 2. The van der Waals surface area contributed by atoms with Crippen LogP contribution in [0.1, 0.15) is 57.6 Å². The van der Waals surface area contributed by atoms with Crippen LogP contribution >= 0.6 is 0 Å². The number of hydrogen-bond acceptors (Lipinski definition) is 3. The number of aryl methyl sites for hydroxylation is 1. The van der Waals surface area contributed by atoms with E-state index in [9.17, 15) is 9.59 Å². The predicted molar refractivity (Wildman–Crippen MR) is 122 cm³/mol. The van der Waals surface area contributed by atoms with Gasteiger partial charge in [-0.1, -0.05) is 38.1 Å². The highest BCUT2D eigenvalue weighted by Gasteiger charge is 2.46. The van der Waals surface area contributed by atoms with E-state index in [1.54, 1.807) is 4.90 Å². The SMILES string of the molecule is CC(C)CC1(C)NC(=N)N(CC2CCN(C(=O)C3CCc4ccccc4C3)CC2)C1=O. The first-order valence-corrected chi connectivity index (χ1v) is 11.8. The van der Waals surface area contributed by atoms with Gasteiger partial charge in [-0.25, -0.2) is 0 Å². The number of amides is 2. The minimum absolute atomic E-state index is 0.0191. The standard InChI is InChI=1S/C25H36N4O2/c1-17(2)15-25(3)23(31)29(24(26)27-25)16-18-10-12-28(13-11-18)22(30)21-9-8-19-6-4-5-7-20(19)14-21/h4-7,17-18,21H,8-16H2,1-3H3,(H2,26,27). The molecule has 2 aliphatic heterocycles. The first-order chi connectivity index (χ1) is 14.8. The van der Waals surface area contributed by atoms with Crippen LogP contribution in [0.4, 0.5) is 0 Å². The van der Waals surface area contributed by atoms with E-state index in [1.807, 2.05) is 11.8 Å². The van der Waals surface area contributed by atoms with Gasteiger partial charge < -0.3 is 10.2 Å². The third kappa shape index (κ3) is 4.48. The molecule has 1 aromatic rings. The lowest BCUT2D eigenvalue weighted by Crippen LogP contribution is -2.47. The summed E-state index contributed by atoms with van der Waals surface area (Å²) in [6.45, 7) is 8.21. The van der Waals surface area contributed by atoms with Crippen molar-refractivity contribution in [2.24, 2.45) is 17.8 Å². The molecule has 2 N–H and O–H groups in total. The van der Waals surface area contributed by atoms with E-state index < -0.39 is 5.54 Å². The summed E-state index contributed by atoms with van der Waals surface area (Å²) in [5.74, 6) is 1.36. The summed E-state index contributed by atoms with van der Waals surface area (Å²) >= 11 is 0. The molecule has 31 heavy (non-hydrogen) atoms. The third-order valence-corrected chi connectivity index (χ3v) is 7.26. The molecule has 0 spiro atoms. The molecule has 2 saturated heterocycles. The monoisotopic (exact) mass is 424 g/mol. The maximum atomic E-state index is 13.1. The predicted octanol–water partition coefficient (Wildman–Crippen LogP) is 3.20. The number of carbonyl (C=O) groups is 2. The van der Waals surface area contributed by atoms with Gasteiger partial charge in [-0.05, 0) is 68.4 Å². The van der Waals surface area contributed by atoms with E-state index in [0.717, 1.165) is 51.6 Å². The van der Waals surface area contributed by atoms with Gasteiger partial charge in [-0.3, -0.25) is 19.9 Å². The second-order valence-electron chi connectivity index (χ2n) is 10.3. The number of carbonyl (C=O) groups excluding carboxylic acids is 2. The Labute approximate surface area is 185 Å². The lowest BCUT2D eigenvalue weighted by molar-refractivity contribution is -0.138. The Balaban J connectivity index is 1.30. The van der Waals surface area contributed by atoms with Crippen LogP contribution in [0.5, 0.6) is 0 Å². The minimum atomic E-state index is -0.667. The highest BCUT2D eigenvalue weighted by molar-refractivity contribution is 6.07. The van der Waals surface area contributed by atoms with Crippen LogP contribution in [0.2, 0.25) is 0 Å². The van der Waals surface area contributed by atoms with Gasteiger partial charge in [0.15, 0.2) is 5.96 Å². The average molecular weight is 425 g/mol. The van der Waals surface area contributed by atoms with Crippen molar-refractivity contribution in [3.05, 3.63) is 35.4 Å². The summed E-state index contributed by atoms with van der Waals surface area (Å²) < 4.78 is 0. The van der Waals surface area contributed by atoms with Crippen molar-refractivity contribution in [1.82, 2.24) is 15.1 Å². The quantitative estimate of drug-likeness (QED) is 0.762. The maximum absolute atomic E-state index is 13.1. The fourth-order valence-electron chi connectivity index (χ4n) is 5.67. The van der Waals surface area contributed by atoms with Gasteiger partial charge >= 0.3 is 0 Å². The Bertz CT molecular complexity index is 859. The summed E-state index contributed by atoms with van der Waals surface area (Å²) in [6, 6.07) is 8.48. The molecule has 4 rings (SSSR count). The number of guanidine groups is 1. The molecule has 0 radical (unpaired) electrons. The van der Waals surface area contributed by atoms with E-state index in [1.165, 1.54) is 11.1 Å². The van der Waals surface area contributed by atoms with Crippen molar-refractivity contribution in [2.75, 3.05) is 19.6 Å². The third-order valence-electron chi connectivity index (χ3n) is 7.26. The van der Waals surface area contributed by atoms with E-state index in [4.69, 9.17) is 5.41 Å². The molecule has 6 heteroatoms. The topological polar surface area (TPSA) is 76.5 Å². The Morgan fingerprint density at radius 3 is 2.55 bits per heavy atom. The van der Waals surface area contributed by atoms with Crippen LogP contribution in [0.25, 0.3) is 0 Å². The van der Waals surface area contributed by atoms with Crippen molar-refractivity contribution >= 4 is 17.8 Å². The highest BCUT2D eigenvalue weighted by Crippen LogP contribution is 2.30. The Morgan fingerprint density at radius 2 is 1.87 bits per heavy atom. The van der Waals surface area contributed by atoms with Crippen molar-refractivity contribution in [3.63, 3.8) is 0 Å². The van der Waals surface area contributed by atoms with Gasteiger partial charge in [0.1, 0.15) is 5.54 Å². The van der Waals surface area contributed by atoms with Crippen LogP contribution in [0.15, 0.2) is 24.3 Å². The van der Waals surface area contributed by atoms with E-state index in [-0.39, 0.29) is 17.8 Å². The first-order valence-electron chi connectivity index (χ1n) is 11.8. The van der Waals surface area contributed by atoms with Gasteiger partial charge in [-0.15, -0.1) is 0 Å². The maximum Gasteiger partial charge on any atom is 0.254 e. The van der Waals surface area contributed by atoms with Crippen molar-refractivity contribution in [3.8, 4) is 0 Å². The summed E-state index contributed by atoms with van der Waals surface area (Å²) in [7, 11) is 0. The molecule has 6 nitrogen and oxygen atoms in total. The van der Waals surface area contributed by atoms with Gasteiger partial charge in [-0.2, -0.15) is 0 Å². The van der Waals surface area contributed by atoms with Crippen molar-refractivity contribution in [1.29, 1.82) is 5.41 Å². The number of nitrogens with one attached hydrogen (secondary N) is 2. The average Bonchev–Trinajstić information content (AvgIpc) is 2.95. The number of nitrogens with zero attached hydrogens (tertiary/aromatic N) is 2. The van der Waals surface area contributed by atoms with Crippen LogP contribution in [-0.2, 0) is 22.4 Å². The van der Waals surface area contributed by atoms with Crippen LogP contribution in [0, 0.1) is 23.2 Å². The molecule has 0 bridgehead atoms. The smallest absolute Gasteiger partial charge is 0.254 e. The second-order valence-corrected chi connectivity index (χ2v) is 10.3. The van der Waals surface area contributed by atoms with Crippen molar-refractivity contribution in [2.45, 2.75) is 64.8 Å². The van der Waals surface area contributed by atoms with Gasteiger partial charge in [0.05, 0.1) is 0 Å². The normalized spacial score (nSPS) is 26.9. The zero-order chi connectivity index (χ0) is 22.2. The molecule has 2 atom stereocenters. The lowest BCUT2D eigenvalue weighted by Gasteiger charge is -2.36. The molecule has 1 aliphatic carbocycles. The number of benzene rings is 1. The molecule has 2 heterocycles. The Morgan fingerprint density at radius 1 is 1.19 bits per heavy atom. The van der Waals surface area contributed by atoms with Gasteiger partial charge in [0, 0.05) is 25.6 Å². The molecule has 0 aromatic heterocycles. The number of piperidine rings is 1. The van der Waals surface area contributed by atoms with E-state index >= 15 is 0 Å². The van der Waals surface area contributed by atoms with Gasteiger partial charge in [0.2, 0.25) is 5.91 Å². The molecule has 2 amide bonds. The molecule has 2 fully saturated rings. The first kappa shape index (κ1) is 21.8. The summed E-state index contributed by atoms with van der Waals surface area (Å²) in [5, 5.41) is 11.4. The Hall–Kier alpha value is -2.37. The summed E-state index contributed by atoms with van der Waals surface area (Å²) in [4.78, 5) is 29.8. The van der Waals surface area contributed by atoms with Crippen LogP contribution in [0.3, 0.4) is 0 Å². The van der Waals surface area contributed by atoms with Crippen molar-refractivity contribution < 1.29 is 9.59 Å². The van der Waals surface area contributed by atoms with Crippen LogP contribution < -0.4 is 5.32 Å². The molecular formula is C25H36N4O2. The molecular weight excluding hydrogens is 388 g/mol. The van der Waals surface area contributed by atoms with E-state index in [0.29, 0.717) is 24.3 Å². The molecule has 168 valence electrons. The zero-order valence-corrected chi connectivity index (χ0v) is 19.1. The van der Waals surface area contributed by atoms with E-state index in [2.05, 4.69) is 43.4 Å². The summed E-state index contributed by atoms with van der Waals surface area (Å²) in [6.07, 6.45) is 5.30. The molecule has 1 aromatic carbocycles. The lowest BCUT2D eigenvalue weighted by atomic mass is 9.82. The zero-order valence-electron chi connectivity index (χ0n) is 19.1. The van der Waals surface area contributed by atoms with Gasteiger partial charge in [0.25, 0.3) is 5.91 Å². The molecule has 0 saturated carbocycles. The number of fused-ring (bicyclic) bond motifs is 1. The molecule has 2 unspecified atom stereocenters. The number of likely N-dealkylation sites (tertiary alicyclic amines) is 1. The molecule has 3 aliphatic rings. The summed E-state index contributed by atoms with van der Waals surface area (Å²) in [5.41, 5.74) is 2.05. The fraction of sp³-hybridized carbons (Fsp3) is 0.640.